The summed E-state index contributed by atoms with van der Waals surface area (Å²) in [7, 11) is 1.95. The molecule has 0 aliphatic rings. The monoisotopic (exact) mass is 278 g/mol. The molecule has 0 aliphatic carbocycles. The number of furan rings is 1. The van der Waals surface area contributed by atoms with Gasteiger partial charge in [-0.3, -0.25) is 4.79 Å². The third kappa shape index (κ3) is 3.96. The predicted molar refractivity (Wildman–Crippen MR) is 72.9 cm³/mol. The minimum absolute atomic E-state index is 0.0345. The van der Waals surface area contributed by atoms with Gasteiger partial charge in [0.25, 0.3) is 5.91 Å². The fourth-order valence-corrected chi connectivity index (χ4v) is 1.95. The van der Waals surface area contributed by atoms with Gasteiger partial charge in [0.05, 0.1) is 13.3 Å². The third-order valence-electron chi connectivity index (χ3n) is 2.72. The number of rotatable bonds is 6. The largest absolute Gasteiger partial charge is 0.461 e. The van der Waals surface area contributed by atoms with Gasteiger partial charge in [-0.05, 0) is 26.0 Å². The van der Waals surface area contributed by atoms with Crippen LogP contribution in [0.25, 0.3) is 11.5 Å². The van der Waals surface area contributed by atoms with E-state index in [0.717, 1.165) is 10.6 Å². The highest BCUT2D eigenvalue weighted by Crippen LogP contribution is 2.19. The lowest BCUT2D eigenvalue weighted by molar-refractivity contribution is -0.885. The molecule has 20 heavy (non-hydrogen) atoms. The molecule has 0 saturated heterocycles. The first-order valence-corrected chi connectivity index (χ1v) is 6.64. The quantitative estimate of drug-likeness (QED) is 0.806. The molecule has 1 unspecified atom stereocenters. The number of carbonyl (C=O) groups is 1. The summed E-state index contributed by atoms with van der Waals surface area (Å²) in [5.41, 5.74) is 0.797. The van der Waals surface area contributed by atoms with Crippen molar-refractivity contribution in [2.45, 2.75) is 26.4 Å². The second-order valence-corrected chi connectivity index (χ2v) is 5.19. The van der Waals surface area contributed by atoms with Crippen molar-refractivity contribution in [1.29, 1.82) is 0 Å². The van der Waals surface area contributed by atoms with Gasteiger partial charge in [-0.1, -0.05) is 5.16 Å². The van der Waals surface area contributed by atoms with Crippen LogP contribution in [0.4, 0.5) is 0 Å². The molecule has 0 bridgehead atoms. The molecule has 1 atom stereocenters. The third-order valence-corrected chi connectivity index (χ3v) is 2.72. The Morgan fingerprint density at radius 1 is 1.45 bits per heavy atom. The van der Waals surface area contributed by atoms with Crippen LogP contribution < -0.4 is 10.2 Å². The topological polar surface area (TPSA) is 72.7 Å². The molecule has 108 valence electrons. The molecule has 2 rings (SSSR count). The van der Waals surface area contributed by atoms with E-state index in [1.54, 1.807) is 12.3 Å². The minimum Gasteiger partial charge on any atom is -0.461 e. The van der Waals surface area contributed by atoms with Crippen molar-refractivity contribution >= 4 is 5.91 Å². The summed E-state index contributed by atoms with van der Waals surface area (Å²) >= 11 is 0. The number of carbonyl (C=O) groups excluding carboxylic acids is 1. The van der Waals surface area contributed by atoms with E-state index in [0.29, 0.717) is 24.6 Å². The first kappa shape index (κ1) is 14.3. The summed E-state index contributed by atoms with van der Waals surface area (Å²) < 4.78 is 10.5. The molecule has 2 N–H and O–H groups in total. The van der Waals surface area contributed by atoms with Crippen molar-refractivity contribution < 1.29 is 18.6 Å². The summed E-state index contributed by atoms with van der Waals surface area (Å²) in [6.45, 7) is 4.91. The maximum atomic E-state index is 11.7. The van der Waals surface area contributed by atoms with Crippen LogP contribution in [0.2, 0.25) is 0 Å². The Labute approximate surface area is 117 Å². The molecule has 2 aromatic rings. The lowest BCUT2D eigenvalue weighted by atomic mass is 10.3. The van der Waals surface area contributed by atoms with Crippen LogP contribution in [0.1, 0.15) is 19.5 Å². The summed E-state index contributed by atoms with van der Waals surface area (Å²) in [5, 5.41) is 6.86. The number of hydrogen-bond donors (Lipinski definition) is 2. The van der Waals surface area contributed by atoms with Crippen molar-refractivity contribution in [3.63, 3.8) is 0 Å². The molecule has 0 fully saturated rings. The van der Waals surface area contributed by atoms with Crippen LogP contribution >= 0.6 is 0 Å². The maximum absolute atomic E-state index is 11.7. The molecule has 0 aliphatic heterocycles. The highest BCUT2D eigenvalue weighted by atomic mass is 16.5. The number of likely N-dealkylation sites (N-methyl/N-ethyl adjacent to an activating group) is 1. The van der Waals surface area contributed by atoms with Gasteiger partial charge in [0.2, 0.25) is 5.76 Å². The van der Waals surface area contributed by atoms with E-state index in [2.05, 4.69) is 10.5 Å². The van der Waals surface area contributed by atoms with Gasteiger partial charge in [0.15, 0.2) is 12.3 Å². The molecule has 0 saturated carbocycles. The van der Waals surface area contributed by atoms with Crippen LogP contribution in [0, 0.1) is 0 Å². The highest BCUT2D eigenvalue weighted by molar-refractivity contribution is 5.77. The number of nitrogens with zero attached hydrogens (tertiary/aromatic N) is 1. The molecule has 0 radical (unpaired) electrons. The van der Waals surface area contributed by atoms with E-state index < -0.39 is 0 Å². The average molecular weight is 278 g/mol. The zero-order chi connectivity index (χ0) is 14.5. The lowest BCUT2D eigenvalue weighted by Gasteiger charge is -2.13. The Hall–Kier alpha value is -2.08. The second-order valence-electron chi connectivity index (χ2n) is 5.19. The van der Waals surface area contributed by atoms with Gasteiger partial charge in [-0.2, -0.15) is 0 Å². The molecule has 6 nitrogen and oxygen atoms in total. The van der Waals surface area contributed by atoms with Gasteiger partial charge < -0.3 is 19.2 Å². The van der Waals surface area contributed by atoms with E-state index in [9.17, 15) is 4.79 Å². The number of nitrogens with one attached hydrogen (secondary N) is 2. The first-order valence-electron chi connectivity index (χ1n) is 6.64. The summed E-state index contributed by atoms with van der Waals surface area (Å²) in [6.07, 6.45) is 1.59. The molecule has 2 heterocycles. The van der Waals surface area contributed by atoms with E-state index in [1.165, 1.54) is 0 Å². The van der Waals surface area contributed by atoms with E-state index in [1.807, 2.05) is 33.0 Å². The van der Waals surface area contributed by atoms with Gasteiger partial charge in [-0.25, -0.2) is 0 Å². The molecule has 1 amide bonds. The molecule has 2 aromatic heterocycles. The van der Waals surface area contributed by atoms with Gasteiger partial charge in [-0.15, -0.1) is 0 Å². The summed E-state index contributed by atoms with van der Waals surface area (Å²) in [4.78, 5) is 12.7. The van der Waals surface area contributed by atoms with Crippen molar-refractivity contribution in [1.82, 2.24) is 10.5 Å². The lowest BCUT2D eigenvalue weighted by Crippen LogP contribution is -3.09. The number of aromatic nitrogens is 1. The summed E-state index contributed by atoms with van der Waals surface area (Å²) in [6, 6.07) is 5.61. The van der Waals surface area contributed by atoms with Crippen molar-refractivity contribution in [2.75, 3.05) is 13.6 Å². The van der Waals surface area contributed by atoms with Crippen LogP contribution in [0.3, 0.4) is 0 Å². The number of hydrogen-bond acceptors (Lipinski definition) is 4. The Kier molecular flexibility index (Phi) is 4.57. The van der Waals surface area contributed by atoms with Crippen molar-refractivity contribution in [3.8, 4) is 11.5 Å². The summed E-state index contributed by atoms with van der Waals surface area (Å²) in [5.74, 6) is 1.29. The Balaban J connectivity index is 1.89. The fourth-order valence-electron chi connectivity index (χ4n) is 1.95. The van der Waals surface area contributed by atoms with Crippen molar-refractivity contribution in [2.24, 2.45) is 0 Å². The number of quaternary nitrogens is 1. The zero-order valence-electron chi connectivity index (χ0n) is 12.0. The van der Waals surface area contributed by atoms with Crippen LogP contribution in [0.15, 0.2) is 33.4 Å². The van der Waals surface area contributed by atoms with Gasteiger partial charge in [0, 0.05) is 12.1 Å². The van der Waals surface area contributed by atoms with Crippen molar-refractivity contribution in [3.05, 3.63) is 30.2 Å². The molecular formula is C14H20N3O3+. The van der Waals surface area contributed by atoms with E-state index >= 15 is 0 Å². The Morgan fingerprint density at radius 2 is 2.25 bits per heavy atom. The minimum atomic E-state index is 0.0345. The first-order chi connectivity index (χ1) is 9.54. The Morgan fingerprint density at radius 3 is 2.90 bits per heavy atom. The normalized spacial score (nSPS) is 12.6. The van der Waals surface area contributed by atoms with E-state index in [-0.39, 0.29) is 11.9 Å². The molecular weight excluding hydrogens is 258 g/mol. The van der Waals surface area contributed by atoms with Crippen LogP contribution in [-0.2, 0) is 11.3 Å². The zero-order valence-corrected chi connectivity index (χ0v) is 12.0. The Bertz CT molecular complexity index is 546. The fraction of sp³-hybridized carbons (Fsp3) is 0.429. The smallest absolute Gasteiger partial charge is 0.275 e. The second kappa shape index (κ2) is 6.38. The maximum Gasteiger partial charge on any atom is 0.275 e. The van der Waals surface area contributed by atoms with Gasteiger partial charge >= 0.3 is 0 Å². The molecule has 6 heteroatoms. The molecule has 0 aromatic carbocycles. The van der Waals surface area contributed by atoms with Gasteiger partial charge in [0.1, 0.15) is 12.2 Å². The standard InChI is InChI=1S/C14H19N3O3/c1-10(2)15-14(18)9-17(3)8-11-7-13(20-16-11)12-5-4-6-19-12/h4-7,10H,8-9H2,1-3H3,(H,15,18)/p+1. The SMILES string of the molecule is CC(C)NC(=O)C[NH+](C)Cc1cc(-c2ccco2)on1. The van der Waals surface area contributed by atoms with E-state index in [4.69, 9.17) is 8.94 Å². The highest BCUT2D eigenvalue weighted by Gasteiger charge is 2.15. The van der Waals surface area contributed by atoms with Crippen LogP contribution in [-0.4, -0.2) is 30.7 Å². The number of amides is 1. The average Bonchev–Trinajstić information content (AvgIpc) is 2.96. The molecule has 0 spiro atoms. The van der Waals surface area contributed by atoms with Crippen LogP contribution in [0.5, 0.6) is 0 Å². The predicted octanol–water partition coefficient (Wildman–Crippen LogP) is 0.474.